The van der Waals surface area contributed by atoms with Crippen molar-refractivity contribution in [1.29, 1.82) is 0 Å². The summed E-state index contributed by atoms with van der Waals surface area (Å²) < 4.78 is 25.6. The summed E-state index contributed by atoms with van der Waals surface area (Å²) in [6.45, 7) is 9.75. The number of nitrogens with zero attached hydrogens (tertiary/aromatic N) is 1. The second-order valence-electron chi connectivity index (χ2n) is 4.73. The summed E-state index contributed by atoms with van der Waals surface area (Å²) in [5.74, 6) is 0. The van der Waals surface area contributed by atoms with Crippen LogP contribution in [0.1, 0.15) is 33.6 Å². The summed E-state index contributed by atoms with van der Waals surface area (Å²) in [7, 11) is -3.09. The summed E-state index contributed by atoms with van der Waals surface area (Å²) >= 11 is 0. The highest BCUT2D eigenvalue weighted by atomic mass is 32.2. The molecule has 1 rings (SSSR count). The summed E-state index contributed by atoms with van der Waals surface area (Å²) in [6.07, 6.45) is 3.27. The molecule has 1 aliphatic rings. The topological polar surface area (TPSA) is 37.4 Å². The van der Waals surface area contributed by atoms with Crippen LogP contribution in [0.5, 0.6) is 0 Å². The number of hydrogen-bond donors (Lipinski definition) is 0. The number of rotatable bonds is 4. The minimum atomic E-state index is -3.09. The van der Waals surface area contributed by atoms with Gasteiger partial charge in [0.25, 0.3) is 0 Å². The van der Waals surface area contributed by atoms with Crippen molar-refractivity contribution in [2.24, 2.45) is 0 Å². The van der Waals surface area contributed by atoms with E-state index in [-0.39, 0.29) is 10.8 Å². The van der Waals surface area contributed by atoms with Crippen molar-refractivity contribution in [3.63, 3.8) is 0 Å². The van der Waals surface area contributed by atoms with E-state index in [1.165, 1.54) is 0 Å². The molecule has 0 aromatic rings. The first kappa shape index (κ1) is 11.7. The maximum absolute atomic E-state index is 12.0. The molecular weight excluding hydrogens is 198 g/mol. The average molecular weight is 217 g/mol. The molecule has 82 valence electrons. The lowest BCUT2D eigenvalue weighted by Crippen LogP contribution is -2.47. The molecular formula is C10H19NO2S. The smallest absolute Gasteiger partial charge is 0.212 e. The maximum Gasteiger partial charge on any atom is 0.217 e. The normalized spacial score (nSPS) is 18.6. The van der Waals surface area contributed by atoms with Crippen LogP contribution in [0, 0.1) is 0 Å². The minimum absolute atomic E-state index is 0.137. The zero-order chi connectivity index (χ0) is 11.0. The molecule has 0 amide bonds. The Labute approximate surface area is 86.8 Å². The van der Waals surface area contributed by atoms with Crippen LogP contribution in [0.2, 0.25) is 0 Å². The van der Waals surface area contributed by atoms with E-state index in [1.807, 2.05) is 20.8 Å². The van der Waals surface area contributed by atoms with Crippen LogP contribution in [0.3, 0.4) is 0 Å². The van der Waals surface area contributed by atoms with E-state index in [2.05, 4.69) is 6.58 Å². The molecule has 14 heavy (non-hydrogen) atoms. The maximum atomic E-state index is 12.0. The van der Waals surface area contributed by atoms with Gasteiger partial charge < -0.3 is 0 Å². The molecule has 0 aliphatic heterocycles. The molecule has 0 spiro atoms. The third-order valence-electron chi connectivity index (χ3n) is 2.30. The first-order valence-corrected chi connectivity index (χ1v) is 6.43. The Bertz CT molecular complexity index is 310. The number of sulfonamides is 1. The number of hydrogen-bond acceptors (Lipinski definition) is 2. The van der Waals surface area contributed by atoms with E-state index >= 15 is 0 Å². The Hall–Kier alpha value is -0.350. The van der Waals surface area contributed by atoms with Crippen LogP contribution in [0.15, 0.2) is 12.7 Å². The third kappa shape index (κ3) is 2.36. The highest BCUT2D eigenvalue weighted by Gasteiger charge is 2.43. The van der Waals surface area contributed by atoms with E-state index in [1.54, 1.807) is 10.4 Å². The van der Waals surface area contributed by atoms with E-state index in [9.17, 15) is 8.42 Å². The van der Waals surface area contributed by atoms with E-state index in [4.69, 9.17) is 0 Å². The van der Waals surface area contributed by atoms with Crippen molar-refractivity contribution in [3.05, 3.63) is 12.7 Å². The molecule has 0 N–H and O–H groups in total. The van der Waals surface area contributed by atoms with Gasteiger partial charge in [-0.2, -0.15) is 4.31 Å². The second kappa shape index (κ2) is 3.66. The van der Waals surface area contributed by atoms with Crippen molar-refractivity contribution in [2.75, 3.05) is 6.54 Å². The van der Waals surface area contributed by atoms with Crippen LogP contribution >= 0.6 is 0 Å². The SMILES string of the molecule is C=CCN(C(C)(C)C)S(=O)(=O)C1CC1. The van der Waals surface area contributed by atoms with Crippen LogP contribution in [-0.4, -0.2) is 30.1 Å². The quantitative estimate of drug-likeness (QED) is 0.673. The molecule has 0 aromatic carbocycles. The van der Waals surface area contributed by atoms with Crippen LogP contribution in [0.25, 0.3) is 0 Å². The molecule has 0 atom stereocenters. The zero-order valence-corrected chi connectivity index (χ0v) is 9.97. The molecule has 0 heterocycles. The summed E-state index contributed by atoms with van der Waals surface area (Å²) in [6, 6.07) is 0. The predicted octanol–water partition coefficient (Wildman–Crippen LogP) is 1.77. The first-order chi connectivity index (χ1) is 6.30. The summed E-state index contributed by atoms with van der Waals surface area (Å²) in [5, 5.41) is -0.137. The molecule has 0 bridgehead atoms. The molecule has 3 nitrogen and oxygen atoms in total. The van der Waals surface area contributed by atoms with Crippen LogP contribution in [-0.2, 0) is 10.0 Å². The van der Waals surface area contributed by atoms with Gasteiger partial charge in [0.15, 0.2) is 0 Å². The second-order valence-corrected chi connectivity index (χ2v) is 6.87. The van der Waals surface area contributed by atoms with Gasteiger partial charge in [-0.15, -0.1) is 6.58 Å². The van der Waals surface area contributed by atoms with Gasteiger partial charge in [-0.3, -0.25) is 0 Å². The molecule has 1 aliphatic carbocycles. The predicted molar refractivity (Wildman–Crippen MR) is 58.6 cm³/mol. The standard InChI is InChI=1S/C10H19NO2S/c1-5-8-11(10(2,3)4)14(12,13)9-6-7-9/h5,9H,1,6-8H2,2-4H3. The van der Waals surface area contributed by atoms with Gasteiger partial charge in [-0.25, -0.2) is 8.42 Å². The molecule has 1 saturated carbocycles. The third-order valence-corrected chi connectivity index (χ3v) is 4.92. The zero-order valence-electron chi connectivity index (χ0n) is 9.16. The Morgan fingerprint density at radius 3 is 2.21 bits per heavy atom. The van der Waals surface area contributed by atoms with Gasteiger partial charge in [0.1, 0.15) is 0 Å². The fraction of sp³-hybridized carbons (Fsp3) is 0.800. The molecule has 0 saturated heterocycles. The first-order valence-electron chi connectivity index (χ1n) is 4.92. The van der Waals surface area contributed by atoms with Crippen molar-refractivity contribution in [1.82, 2.24) is 4.31 Å². The van der Waals surface area contributed by atoms with E-state index in [0.29, 0.717) is 6.54 Å². The minimum Gasteiger partial charge on any atom is -0.212 e. The van der Waals surface area contributed by atoms with Gasteiger partial charge in [0.05, 0.1) is 5.25 Å². The fourth-order valence-electron chi connectivity index (χ4n) is 1.42. The Kier molecular flexibility index (Phi) is 3.07. The lowest BCUT2D eigenvalue weighted by molar-refractivity contribution is 0.269. The van der Waals surface area contributed by atoms with Gasteiger partial charge in [-0.1, -0.05) is 6.08 Å². The van der Waals surface area contributed by atoms with E-state index in [0.717, 1.165) is 12.8 Å². The average Bonchev–Trinajstić information content (AvgIpc) is 2.78. The van der Waals surface area contributed by atoms with Crippen LogP contribution in [0.4, 0.5) is 0 Å². The van der Waals surface area contributed by atoms with Gasteiger partial charge in [0, 0.05) is 12.1 Å². The molecule has 0 aromatic heterocycles. The van der Waals surface area contributed by atoms with Crippen molar-refractivity contribution >= 4 is 10.0 Å². The summed E-state index contributed by atoms with van der Waals surface area (Å²) in [5.41, 5.74) is -0.352. The largest absolute Gasteiger partial charge is 0.217 e. The van der Waals surface area contributed by atoms with Gasteiger partial charge >= 0.3 is 0 Å². The lowest BCUT2D eigenvalue weighted by atomic mass is 10.1. The lowest BCUT2D eigenvalue weighted by Gasteiger charge is -2.33. The highest BCUT2D eigenvalue weighted by molar-refractivity contribution is 7.90. The van der Waals surface area contributed by atoms with Crippen molar-refractivity contribution < 1.29 is 8.42 Å². The molecule has 1 fully saturated rings. The monoisotopic (exact) mass is 217 g/mol. The Morgan fingerprint density at radius 1 is 1.43 bits per heavy atom. The molecule has 0 unspecified atom stereocenters. The highest BCUT2D eigenvalue weighted by Crippen LogP contribution is 2.34. The Morgan fingerprint density at radius 2 is 1.93 bits per heavy atom. The summed E-state index contributed by atoms with van der Waals surface area (Å²) in [4.78, 5) is 0. The molecule has 4 heteroatoms. The fourth-order valence-corrected chi connectivity index (χ4v) is 3.59. The van der Waals surface area contributed by atoms with E-state index < -0.39 is 10.0 Å². The van der Waals surface area contributed by atoms with Crippen molar-refractivity contribution in [2.45, 2.75) is 44.4 Å². The van der Waals surface area contributed by atoms with Crippen LogP contribution < -0.4 is 0 Å². The van der Waals surface area contributed by atoms with Crippen molar-refractivity contribution in [3.8, 4) is 0 Å². The van der Waals surface area contributed by atoms with Gasteiger partial charge in [-0.05, 0) is 33.6 Å². The molecule has 0 radical (unpaired) electrons. The Balaban J connectivity index is 2.92. The van der Waals surface area contributed by atoms with Gasteiger partial charge in [0.2, 0.25) is 10.0 Å².